The summed E-state index contributed by atoms with van der Waals surface area (Å²) in [6.07, 6.45) is -0.00202. The number of sulfonamides is 1. The van der Waals surface area contributed by atoms with Crippen LogP contribution in [0, 0.1) is 0 Å². The first-order chi connectivity index (χ1) is 9.80. The lowest BCUT2D eigenvalue weighted by Gasteiger charge is -2.35. The molecule has 0 unspecified atom stereocenters. The van der Waals surface area contributed by atoms with Crippen LogP contribution in [0.25, 0.3) is 0 Å². The molecule has 124 valence electrons. The lowest BCUT2D eigenvalue weighted by Crippen LogP contribution is -2.52. The Labute approximate surface area is 127 Å². The maximum absolute atomic E-state index is 12.0. The molecule has 0 radical (unpaired) electrons. The van der Waals surface area contributed by atoms with Crippen molar-refractivity contribution in [2.45, 2.75) is 39.9 Å². The Balaban J connectivity index is 2.43. The molecule has 1 aliphatic rings. The molecule has 0 saturated carbocycles. The van der Waals surface area contributed by atoms with Gasteiger partial charge in [0.2, 0.25) is 10.0 Å². The lowest BCUT2D eigenvalue weighted by molar-refractivity contribution is -0.0544. The van der Waals surface area contributed by atoms with Crippen LogP contribution in [-0.4, -0.2) is 74.3 Å². The van der Waals surface area contributed by atoms with Gasteiger partial charge in [-0.3, -0.25) is 0 Å². The number of carbonyl (C=O) groups is 1. The monoisotopic (exact) mass is 321 g/mol. The van der Waals surface area contributed by atoms with E-state index in [4.69, 9.17) is 4.74 Å². The summed E-state index contributed by atoms with van der Waals surface area (Å²) in [5, 5.41) is 2.68. The molecule has 1 aliphatic heterocycles. The third kappa shape index (κ3) is 5.44. The van der Waals surface area contributed by atoms with Crippen molar-refractivity contribution in [1.82, 2.24) is 14.5 Å². The molecule has 8 heteroatoms. The molecule has 2 amide bonds. The largest absolute Gasteiger partial charge is 0.372 e. The summed E-state index contributed by atoms with van der Waals surface area (Å²) in [6, 6.07) is -0.230. The topological polar surface area (TPSA) is 79.0 Å². The van der Waals surface area contributed by atoms with Crippen LogP contribution < -0.4 is 5.32 Å². The van der Waals surface area contributed by atoms with Gasteiger partial charge in [0, 0.05) is 32.7 Å². The van der Waals surface area contributed by atoms with Gasteiger partial charge in [-0.2, -0.15) is 0 Å². The van der Waals surface area contributed by atoms with E-state index < -0.39 is 10.0 Å². The molecule has 0 aromatic carbocycles. The molecule has 0 aromatic heterocycles. The molecule has 2 atom stereocenters. The highest BCUT2D eigenvalue weighted by Gasteiger charge is 2.26. The summed E-state index contributed by atoms with van der Waals surface area (Å²) in [7, 11) is -3.30. The molecule has 0 spiro atoms. The van der Waals surface area contributed by atoms with Crippen molar-refractivity contribution in [2.24, 2.45) is 0 Å². The Hall–Kier alpha value is -0.860. The summed E-state index contributed by atoms with van der Waals surface area (Å²) in [5.74, 6) is -0.0735. The summed E-state index contributed by atoms with van der Waals surface area (Å²) in [6.45, 7) is 9.51. The standard InChI is InChI=1S/C13H27N3O4S/c1-5-16(6-2)21(18,19)8-7-14-13(17)15-9-11(3)20-12(4)10-15/h11-12H,5-10H2,1-4H3,(H,14,17)/t11-,12-/m0/s1. The minimum atomic E-state index is -3.30. The molecular weight excluding hydrogens is 294 g/mol. The molecule has 1 heterocycles. The Kier molecular flexibility index (Phi) is 6.89. The van der Waals surface area contributed by atoms with Crippen LogP contribution >= 0.6 is 0 Å². The molecule has 1 rings (SSSR count). The molecule has 0 aromatic rings. The molecule has 1 N–H and O–H groups in total. The minimum Gasteiger partial charge on any atom is -0.372 e. The lowest BCUT2D eigenvalue weighted by atomic mass is 10.2. The number of morpholine rings is 1. The fourth-order valence-corrected chi connectivity index (χ4v) is 3.89. The third-order valence-electron chi connectivity index (χ3n) is 3.44. The van der Waals surface area contributed by atoms with Crippen LogP contribution in [0.4, 0.5) is 4.79 Å². The Morgan fingerprint density at radius 1 is 1.24 bits per heavy atom. The maximum atomic E-state index is 12.0. The summed E-state index contributed by atoms with van der Waals surface area (Å²) in [4.78, 5) is 13.7. The number of hydrogen-bond donors (Lipinski definition) is 1. The van der Waals surface area contributed by atoms with Gasteiger partial charge < -0.3 is 15.0 Å². The van der Waals surface area contributed by atoms with Crippen LogP contribution in [0.5, 0.6) is 0 Å². The predicted octanol–water partition coefficient (Wildman–Crippen LogP) is 0.477. The number of nitrogens with one attached hydrogen (secondary N) is 1. The van der Waals surface area contributed by atoms with Gasteiger partial charge in [-0.05, 0) is 13.8 Å². The van der Waals surface area contributed by atoms with Gasteiger partial charge in [-0.15, -0.1) is 0 Å². The fourth-order valence-electron chi connectivity index (χ4n) is 2.49. The fraction of sp³-hybridized carbons (Fsp3) is 0.923. The number of nitrogens with zero attached hydrogens (tertiary/aromatic N) is 2. The van der Waals surface area contributed by atoms with Crippen molar-refractivity contribution in [3.8, 4) is 0 Å². The van der Waals surface area contributed by atoms with Crippen LogP contribution in [0.1, 0.15) is 27.7 Å². The van der Waals surface area contributed by atoms with E-state index in [0.29, 0.717) is 26.2 Å². The first-order valence-corrected chi connectivity index (χ1v) is 9.07. The highest BCUT2D eigenvalue weighted by atomic mass is 32.2. The first-order valence-electron chi connectivity index (χ1n) is 7.46. The molecule has 21 heavy (non-hydrogen) atoms. The molecule has 1 saturated heterocycles. The van der Waals surface area contributed by atoms with Gasteiger partial charge >= 0.3 is 6.03 Å². The zero-order valence-corrected chi connectivity index (χ0v) is 14.1. The van der Waals surface area contributed by atoms with Crippen molar-refractivity contribution in [2.75, 3.05) is 38.5 Å². The quantitative estimate of drug-likeness (QED) is 0.771. The van der Waals surface area contributed by atoms with Crippen molar-refractivity contribution in [3.63, 3.8) is 0 Å². The predicted molar refractivity (Wildman–Crippen MR) is 81.7 cm³/mol. The maximum Gasteiger partial charge on any atom is 0.317 e. The molecular formula is C13H27N3O4S. The first kappa shape index (κ1) is 18.2. The zero-order valence-electron chi connectivity index (χ0n) is 13.3. The molecule has 0 bridgehead atoms. The Bertz CT molecular complexity index is 427. The van der Waals surface area contributed by atoms with Crippen molar-refractivity contribution >= 4 is 16.1 Å². The summed E-state index contributed by atoms with van der Waals surface area (Å²) in [5.41, 5.74) is 0. The van der Waals surface area contributed by atoms with Crippen molar-refractivity contribution < 1.29 is 17.9 Å². The number of ether oxygens (including phenoxy) is 1. The van der Waals surface area contributed by atoms with E-state index in [1.54, 1.807) is 18.7 Å². The average molecular weight is 321 g/mol. The van der Waals surface area contributed by atoms with Gasteiger partial charge in [0.05, 0.1) is 18.0 Å². The Morgan fingerprint density at radius 2 is 1.76 bits per heavy atom. The van der Waals surface area contributed by atoms with E-state index in [-0.39, 0.29) is 30.5 Å². The summed E-state index contributed by atoms with van der Waals surface area (Å²) < 4.78 is 31.0. The van der Waals surface area contributed by atoms with E-state index >= 15 is 0 Å². The van der Waals surface area contributed by atoms with E-state index in [1.165, 1.54) is 4.31 Å². The van der Waals surface area contributed by atoms with Crippen LogP contribution in [-0.2, 0) is 14.8 Å². The number of amides is 2. The number of urea groups is 1. The SMILES string of the molecule is CCN(CC)S(=O)(=O)CCNC(=O)N1C[C@H](C)O[C@@H](C)C1. The third-order valence-corrected chi connectivity index (χ3v) is 5.47. The van der Waals surface area contributed by atoms with Gasteiger partial charge in [0.25, 0.3) is 0 Å². The molecule has 7 nitrogen and oxygen atoms in total. The van der Waals surface area contributed by atoms with Gasteiger partial charge in [-0.25, -0.2) is 17.5 Å². The summed E-state index contributed by atoms with van der Waals surface area (Å²) >= 11 is 0. The van der Waals surface area contributed by atoms with E-state index in [0.717, 1.165) is 0 Å². The van der Waals surface area contributed by atoms with E-state index in [9.17, 15) is 13.2 Å². The van der Waals surface area contributed by atoms with Gasteiger partial charge in [0.1, 0.15) is 0 Å². The van der Waals surface area contributed by atoms with Crippen molar-refractivity contribution in [3.05, 3.63) is 0 Å². The van der Waals surface area contributed by atoms with Gasteiger partial charge in [0.15, 0.2) is 0 Å². The van der Waals surface area contributed by atoms with Crippen LogP contribution in [0.15, 0.2) is 0 Å². The number of rotatable bonds is 6. The second-order valence-electron chi connectivity index (χ2n) is 5.29. The zero-order chi connectivity index (χ0) is 16.0. The van der Waals surface area contributed by atoms with Crippen LogP contribution in [0.3, 0.4) is 0 Å². The highest BCUT2D eigenvalue weighted by Crippen LogP contribution is 2.10. The second-order valence-corrected chi connectivity index (χ2v) is 7.38. The number of carbonyl (C=O) groups excluding carboxylic acids is 1. The van der Waals surface area contributed by atoms with Gasteiger partial charge in [-0.1, -0.05) is 13.8 Å². The Morgan fingerprint density at radius 3 is 2.24 bits per heavy atom. The minimum absolute atomic E-state index is 0.00101. The van der Waals surface area contributed by atoms with E-state index in [2.05, 4.69) is 5.32 Å². The number of hydrogen-bond acceptors (Lipinski definition) is 4. The normalized spacial score (nSPS) is 23.4. The van der Waals surface area contributed by atoms with Crippen molar-refractivity contribution in [1.29, 1.82) is 0 Å². The van der Waals surface area contributed by atoms with Crippen LogP contribution in [0.2, 0.25) is 0 Å². The molecule has 1 fully saturated rings. The second kappa shape index (κ2) is 7.95. The smallest absolute Gasteiger partial charge is 0.317 e. The van der Waals surface area contributed by atoms with E-state index in [1.807, 2.05) is 13.8 Å². The highest BCUT2D eigenvalue weighted by molar-refractivity contribution is 7.89. The average Bonchev–Trinajstić information content (AvgIpc) is 2.38. The molecule has 0 aliphatic carbocycles.